The van der Waals surface area contributed by atoms with E-state index in [0.717, 1.165) is 19.3 Å². The van der Waals surface area contributed by atoms with Crippen molar-refractivity contribution < 1.29 is 9.53 Å². The minimum Gasteiger partial charge on any atom is -0.459 e. The summed E-state index contributed by atoms with van der Waals surface area (Å²) >= 11 is 5.82. The van der Waals surface area contributed by atoms with Gasteiger partial charge in [-0.05, 0) is 25.3 Å². The Morgan fingerprint density at radius 2 is 2.36 bits per heavy atom. The zero-order chi connectivity index (χ0) is 9.97. The van der Waals surface area contributed by atoms with Crippen LogP contribution < -0.4 is 0 Å². The van der Waals surface area contributed by atoms with Gasteiger partial charge in [-0.2, -0.15) is 0 Å². The Balaban J connectivity index is 2.06. The molecule has 0 aliphatic heterocycles. The van der Waals surface area contributed by atoms with E-state index in [2.05, 4.69) is 4.98 Å². The van der Waals surface area contributed by atoms with Gasteiger partial charge < -0.3 is 4.74 Å². The van der Waals surface area contributed by atoms with Crippen LogP contribution in [0.5, 0.6) is 0 Å². The summed E-state index contributed by atoms with van der Waals surface area (Å²) < 4.78 is 5.19. The molecule has 1 heterocycles. The van der Waals surface area contributed by atoms with Crippen LogP contribution in [0.15, 0.2) is 18.5 Å². The standard InChI is InChI=1S/C10H10ClNO2/c11-9-4-5-12-6-8(9)10(13)14-7-2-1-3-7/h4-7H,1-3H2. The van der Waals surface area contributed by atoms with Crippen LogP contribution in [0.1, 0.15) is 29.6 Å². The largest absolute Gasteiger partial charge is 0.459 e. The van der Waals surface area contributed by atoms with Gasteiger partial charge in [0.15, 0.2) is 0 Å². The lowest BCUT2D eigenvalue weighted by atomic mass is 9.96. The predicted octanol–water partition coefficient (Wildman–Crippen LogP) is 2.44. The summed E-state index contributed by atoms with van der Waals surface area (Å²) in [6.07, 6.45) is 6.12. The predicted molar refractivity (Wildman–Crippen MR) is 52.3 cm³/mol. The fourth-order valence-electron chi connectivity index (χ4n) is 1.23. The first kappa shape index (κ1) is 9.46. The highest BCUT2D eigenvalue weighted by molar-refractivity contribution is 6.33. The number of carbonyl (C=O) groups is 1. The Morgan fingerprint density at radius 3 is 2.93 bits per heavy atom. The van der Waals surface area contributed by atoms with E-state index < -0.39 is 0 Å². The zero-order valence-electron chi connectivity index (χ0n) is 7.57. The lowest BCUT2D eigenvalue weighted by Gasteiger charge is -2.25. The highest BCUT2D eigenvalue weighted by atomic mass is 35.5. The summed E-state index contributed by atoms with van der Waals surface area (Å²) in [5.41, 5.74) is 0.348. The second kappa shape index (κ2) is 3.96. The number of rotatable bonds is 2. The second-order valence-electron chi connectivity index (χ2n) is 3.31. The van der Waals surface area contributed by atoms with Crippen molar-refractivity contribution in [2.75, 3.05) is 0 Å². The van der Waals surface area contributed by atoms with Crippen LogP contribution in [0.2, 0.25) is 5.02 Å². The van der Waals surface area contributed by atoms with E-state index in [-0.39, 0.29) is 12.1 Å². The molecule has 2 rings (SSSR count). The number of pyridine rings is 1. The topological polar surface area (TPSA) is 39.2 Å². The highest BCUT2D eigenvalue weighted by Crippen LogP contribution is 2.24. The zero-order valence-corrected chi connectivity index (χ0v) is 8.33. The third-order valence-corrected chi connectivity index (χ3v) is 2.64. The van der Waals surface area contributed by atoms with Crippen molar-refractivity contribution in [3.05, 3.63) is 29.0 Å². The van der Waals surface area contributed by atoms with Crippen molar-refractivity contribution in [3.63, 3.8) is 0 Å². The van der Waals surface area contributed by atoms with Gasteiger partial charge in [0, 0.05) is 12.4 Å². The molecule has 0 atom stereocenters. The van der Waals surface area contributed by atoms with E-state index in [9.17, 15) is 4.79 Å². The molecular formula is C10H10ClNO2. The lowest BCUT2D eigenvalue weighted by Crippen LogP contribution is -2.25. The van der Waals surface area contributed by atoms with Crippen molar-refractivity contribution >= 4 is 17.6 Å². The lowest BCUT2D eigenvalue weighted by molar-refractivity contribution is 0.00899. The number of halogens is 1. The maximum atomic E-state index is 11.5. The van der Waals surface area contributed by atoms with E-state index in [1.54, 1.807) is 12.3 Å². The van der Waals surface area contributed by atoms with E-state index >= 15 is 0 Å². The minimum atomic E-state index is -0.368. The number of esters is 1. The monoisotopic (exact) mass is 211 g/mol. The summed E-state index contributed by atoms with van der Waals surface area (Å²) in [7, 11) is 0. The summed E-state index contributed by atoms with van der Waals surface area (Å²) in [5.74, 6) is -0.368. The molecule has 0 saturated heterocycles. The summed E-state index contributed by atoms with van der Waals surface area (Å²) in [6.45, 7) is 0. The molecule has 74 valence electrons. The van der Waals surface area contributed by atoms with Crippen molar-refractivity contribution in [3.8, 4) is 0 Å². The smallest absolute Gasteiger partial charge is 0.341 e. The van der Waals surface area contributed by atoms with Gasteiger partial charge in [-0.25, -0.2) is 4.79 Å². The van der Waals surface area contributed by atoms with Crippen molar-refractivity contribution in [2.24, 2.45) is 0 Å². The molecule has 1 aromatic heterocycles. The van der Waals surface area contributed by atoms with Gasteiger partial charge in [-0.3, -0.25) is 4.98 Å². The van der Waals surface area contributed by atoms with Crippen molar-refractivity contribution in [2.45, 2.75) is 25.4 Å². The molecule has 14 heavy (non-hydrogen) atoms. The van der Waals surface area contributed by atoms with E-state index in [1.165, 1.54) is 6.20 Å². The molecule has 1 aromatic rings. The molecule has 0 amide bonds. The molecule has 0 unspecified atom stereocenters. The maximum Gasteiger partial charge on any atom is 0.341 e. The van der Waals surface area contributed by atoms with E-state index in [0.29, 0.717) is 10.6 Å². The van der Waals surface area contributed by atoms with Gasteiger partial charge in [0.25, 0.3) is 0 Å². The van der Waals surface area contributed by atoms with Crippen LogP contribution in [-0.4, -0.2) is 17.1 Å². The Morgan fingerprint density at radius 1 is 1.57 bits per heavy atom. The third-order valence-electron chi connectivity index (χ3n) is 2.31. The molecule has 1 saturated carbocycles. The average molecular weight is 212 g/mol. The van der Waals surface area contributed by atoms with Crippen molar-refractivity contribution in [1.82, 2.24) is 4.98 Å². The van der Waals surface area contributed by atoms with Crippen LogP contribution in [-0.2, 0) is 4.74 Å². The van der Waals surface area contributed by atoms with Gasteiger partial charge >= 0.3 is 5.97 Å². The van der Waals surface area contributed by atoms with Gasteiger partial charge in [0.2, 0.25) is 0 Å². The summed E-state index contributed by atoms with van der Waals surface area (Å²) in [5, 5.41) is 0.393. The van der Waals surface area contributed by atoms with Crippen LogP contribution in [0.3, 0.4) is 0 Å². The molecule has 4 heteroatoms. The summed E-state index contributed by atoms with van der Waals surface area (Å²) in [6, 6.07) is 1.58. The summed E-state index contributed by atoms with van der Waals surface area (Å²) in [4.78, 5) is 15.4. The number of hydrogen-bond acceptors (Lipinski definition) is 3. The number of nitrogens with zero attached hydrogens (tertiary/aromatic N) is 1. The first-order valence-corrected chi connectivity index (χ1v) is 4.95. The first-order chi connectivity index (χ1) is 6.77. The molecule has 1 aliphatic rings. The van der Waals surface area contributed by atoms with E-state index in [1.807, 2.05) is 0 Å². The van der Waals surface area contributed by atoms with Gasteiger partial charge in [0.05, 0.1) is 10.6 Å². The Kier molecular flexibility index (Phi) is 2.68. The second-order valence-corrected chi connectivity index (χ2v) is 3.72. The molecule has 0 N–H and O–H groups in total. The SMILES string of the molecule is O=C(OC1CCC1)c1cnccc1Cl. The number of aromatic nitrogens is 1. The molecule has 0 spiro atoms. The minimum absolute atomic E-state index is 0.0822. The average Bonchev–Trinajstić information content (AvgIpc) is 2.12. The molecule has 0 bridgehead atoms. The van der Waals surface area contributed by atoms with Crippen LogP contribution >= 0.6 is 11.6 Å². The Labute approximate surface area is 87.0 Å². The fraction of sp³-hybridized carbons (Fsp3) is 0.400. The van der Waals surface area contributed by atoms with Crippen LogP contribution in [0.25, 0.3) is 0 Å². The molecule has 0 aromatic carbocycles. The highest BCUT2D eigenvalue weighted by Gasteiger charge is 2.23. The quantitative estimate of drug-likeness (QED) is 0.706. The van der Waals surface area contributed by atoms with Gasteiger partial charge in [-0.1, -0.05) is 11.6 Å². The Bertz CT molecular complexity index is 350. The van der Waals surface area contributed by atoms with Gasteiger partial charge in [-0.15, -0.1) is 0 Å². The number of ether oxygens (including phenoxy) is 1. The molecule has 1 fully saturated rings. The molecule has 0 radical (unpaired) electrons. The molecule has 3 nitrogen and oxygen atoms in total. The number of carbonyl (C=O) groups excluding carboxylic acids is 1. The normalized spacial score (nSPS) is 16.1. The third kappa shape index (κ3) is 1.87. The van der Waals surface area contributed by atoms with Gasteiger partial charge in [0.1, 0.15) is 6.10 Å². The number of hydrogen-bond donors (Lipinski definition) is 0. The van der Waals surface area contributed by atoms with E-state index in [4.69, 9.17) is 16.3 Å². The molecule has 1 aliphatic carbocycles. The van der Waals surface area contributed by atoms with Crippen LogP contribution in [0, 0.1) is 0 Å². The van der Waals surface area contributed by atoms with Crippen molar-refractivity contribution in [1.29, 1.82) is 0 Å². The Hall–Kier alpha value is -1.09. The first-order valence-electron chi connectivity index (χ1n) is 4.58. The fourth-order valence-corrected chi connectivity index (χ4v) is 1.41. The maximum absolute atomic E-state index is 11.5. The molecular weight excluding hydrogens is 202 g/mol. The van der Waals surface area contributed by atoms with Crippen LogP contribution in [0.4, 0.5) is 0 Å².